The number of rotatable bonds is 7. The Balaban J connectivity index is 1.09. The molecule has 0 spiro atoms. The number of hydrogen-bond acceptors (Lipinski definition) is 9. The van der Waals surface area contributed by atoms with Gasteiger partial charge in [-0.2, -0.15) is 4.68 Å². The second kappa shape index (κ2) is 9.31. The van der Waals surface area contributed by atoms with Crippen molar-refractivity contribution in [3.05, 3.63) is 64.6 Å². The molecule has 1 saturated heterocycles. The molecule has 3 aliphatic rings. The highest BCUT2D eigenvalue weighted by Gasteiger charge is 2.47. The molecule has 37 heavy (non-hydrogen) atoms. The number of aliphatic hydroxyl groups is 1. The molecule has 1 amide bonds. The molecule has 11 heteroatoms. The molecule has 2 fully saturated rings. The third-order valence-electron chi connectivity index (χ3n) is 8.25. The molecule has 11 nitrogen and oxygen atoms in total. The Morgan fingerprint density at radius 3 is 2.86 bits per heavy atom. The van der Waals surface area contributed by atoms with Crippen LogP contribution in [0.15, 0.2) is 36.8 Å². The molecule has 2 aromatic heterocycles. The SMILES string of the molecule is Cc1c([C@@H](O)CN2CC[C@H](C3(NC(=O)c4ccc(-n5cnnn5)nc4)CCC3)C2)ccc2c1COC2=O. The number of β-amino-alcohol motifs (C(OH)–C–C–N with tert-alkyl or cyclic N) is 1. The Kier molecular flexibility index (Phi) is 5.96. The summed E-state index contributed by atoms with van der Waals surface area (Å²) in [6.45, 7) is 4.41. The molecule has 0 bridgehead atoms. The number of carbonyl (C=O) groups is 2. The number of benzene rings is 1. The molecule has 4 heterocycles. The molecule has 2 aliphatic heterocycles. The van der Waals surface area contributed by atoms with Gasteiger partial charge in [0.05, 0.1) is 17.2 Å². The number of hydrogen-bond donors (Lipinski definition) is 2. The zero-order chi connectivity index (χ0) is 25.6. The van der Waals surface area contributed by atoms with Crippen LogP contribution in [0.5, 0.6) is 0 Å². The van der Waals surface area contributed by atoms with Crippen molar-refractivity contribution in [2.45, 2.75) is 50.9 Å². The number of aromatic nitrogens is 5. The summed E-state index contributed by atoms with van der Waals surface area (Å²) in [5.41, 5.74) is 3.50. The van der Waals surface area contributed by atoms with Gasteiger partial charge < -0.3 is 20.1 Å². The maximum atomic E-state index is 13.1. The fourth-order valence-corrected chi connectivity index (χ4v) is 5.93. The van der Waals surface area contributed by atoms with Crippen molar-refractivity contribution in [1.82, 2.24) is 35.4 Å². The van der Waals surface area contributed by atoms with Gasteiger partial charge in [0, 0.05) is 30.4 Å². The third-order valence-corrected chi connectivity index (χ3v) is 8.25. The Morgan fingerprint density at radius 2 is 2.16 bits per heavy atom. The highest BCUT2D eigenvalue weighted by atomic mass is 16.5. The van der Waals surface area contributed by atoms with Crippen molar-refractivity contribution in [1.29, 1.82) is 0 Å². The van der Waals surface area contributed by atoms with Crippen LogP contribution in [0.25, 0.3) is 5.82 Å². The van der Waals surface area contributed by atoms with Crippen LogP contribution in [-0.2, 0) is 11.3 Å². The van der Waals surface area contributed by atoms with Gasteiger partial charge in [-0.1, -0.05) is 6.07 Å². The van der Waals surface area contributed by atoms with Gasteiger partial charge in [0.15, 0.2) is 5.82 Å². The third kappa shape index (κ3) is 4.27. The largest absolute Gasteiger partial charge is 0.457 e. The van der Waals surface area contributed by atoms with Gasteiger partial charge in [-0.3, -0.25) is 4.79 Å². The minimum absolute atomic E-state index is 0.125. The summed E-state index contributed by atoms with van der Waals surface area (Å²) in [6.07, 6.45) is 6.31. The minimum atomic E-state index is -0.656. The first kappa shape index (κ1) is 23.7. The maximum Gasteiger partial charge on any atom is 0.338 e. The van der Waals surface area contributed by atoms with Crippen molar-refractivity contribution in [2.75, 3.05) is 19.6 Å². The first-order chi connectivity index (χ1) is 17.9. The zero-order valence-electron chi connectivity index (χ0n) is 20.6. The average molecular weight is 504 g/mol. The van der Waals surface area contributed by atoms with Gasteiger partial charge in [0.25, 0.3) is 5.91 Å². The number of pyridine rings is 1. The molecule has 0 radical (unpaired) electrons. The smallest absolute Gasteiger partial charge is 0.338 e. The summed E-state index contributed by atoms with van der Waals surface area (Å²) in [4.78, 5) is 31.6. The van der Waals surface area contributed by atoms with Crippen LogP contribution in [0.4, 0.5) is 0 Å². The first-order valence-electron chi connectivity index (χ1n) is 12.7. The number of cyclic esters (lactones) is 1. The van der Waals surface area contributed by atoms with Crippen LogP contribution in [0.3, 0.4) is 0 Å². The number of fused-ring (bicyclic) bond motifs is 1. The highest BCUT2D eigenvalue weighted by Crippen LogP contribution is 2.43. The van der Waals surface area contributed by atoms with E-state index >= 15 is 0 Å². The van der Waals surface area contributed by atoms with Crippen molar-refractivity contribution in [3.8, 4) is 5.82 Å². The summed E-state index contributed by atoms with van der Waals surface area (Å²) in [6, 6.07) is 7.05. The number of tetrazole rings is 1. The molecule has 2 N–H and O–H groups in total. The van der Waals surface area contributed by atoms with Gasteiger partial charge >= 0.3 is 5.97 Å². The number of likely N-dealkylation sites (tertiary alicyclic amines) is 1. The standard InChI is InChI=1S/C26H29N7O4/c1-16-19(4-5-20-21(16)14-37-25(20)36)22(34)13-32-10-7-18(12-32)26(8-2-9-26)29-24(35)17-3-6-23(27-11-17)33-15-28-30-31-33/h3-6,11,15,18,22,34H,2,7-10,12-14H2,1H3,(H,29,35)/t18-,22-/m0/s1. The Hall–Kier alpha value is -3.70. The quantitative estimate of drug-likeness (QED) is 0.462. The van der Waals surface area contributed by atoms with Gasteiger partial charge in [-0.05, 0) is 84.8 Å². The second-order valence-electron chi connectivity index (χ2n) is 10.3. The first-order valence-corrected chi connectivity index (χ1v) is 12.7. The van der Waals surface area contributed by atoms with Crippen LogP contribution in [0.1, 0.15) is 69.2 Å². The number of nitrogens with one attached hydrogen (secondary N) is 1. The summed E-state index contributed by atoms with van der Waals surface area (Å²) in [7, 11) is 0. The Bertz CT molecular complexity index is 1320. The lowest BCUT2D eigenvalue weighted by Gasteiger charge is -2.47. The fraction of sp³-hybridized carbons (Fsp3) is 0.462. The fourth-order valence-electron chi connectivity index (χ4n) is 5.93. The number of esters is 1. The normalized spacial score (nSPS) is 21.2. The van der Waals surface area contributed by atoms with Crippen molar-refractivity contribution in [3.63, 3.8) is 0 Å². The predicted molar refractivity (Wildman–Crippen MR) is 131 cm³/mol. The summed E-state index contributed by atoms with van der Waals surface area (Å²) in [5.74, 6) is 0.439. The number of nitrogens with zero attached hydrogens (tertiary/aromatic N) is 6. The minimum Gasteiger partial charge on any atom is -0.457 e. The monoisotopic (exact) mass is 503 g/mol. The van der Waals surface area contributed by atoms with Crippen molar-refractivity contribution >= 4 is 11.9 Å². The molecule has 3 aromatic rings. The van der Waals surface area contributed by atoms with E-state index in [1.807, 2.05) is 13.0 Å². The summed E-state index contributed by atoms with van der Waals surface area (Å²) >= 11 is 0. The van der Waals surface area contributed by atoms with Gasteiger partial charge in [-0.15, -0.1) is 5.10 Å². The van der Waals surface area contributed by atoms with E-state index < -0.39 is 6.10 Å². The van der Waals surface area contributed by atoms with E-state index in [1.165, 1.54) is 11.0 Å². The molecule has 192 valence electrons. The molecule has 1 aliphatic carbocycles. The van der Waals surface area contributed by atoms with Gasteiger partial charge in [0.1, 0.15) is 12.9 Å². The van der Waals surface area contributed by atoms with Crippen LogP contribution < -0.4 is 5.32 Å². The Labute approximate surface area is 213 Å². The number of aliphatic hydroxyl groups excluding tert-OH is 1. The van der Waals surface area contributed by atoms with E-state index in [2.05, 4.69) is 30.7 Å². The van der Waals surface area contributed by atoms with Crippen LogP contribution >= 0.6 is 0 Å². The van der Waals surface area contributed by atoms with E-state index in [1.54, 1.807) is 24.4 Å². The zero-order valence-corrected chi connectivity index (χ0v) is 20.6. The second-order valence-corrected chi connectivity index (χ2v) is 10.3. The topological polar surface area (TPSA) is 135 Å². The van der Waals surface area contributed by atoms with Crippen LogP contribution in [0.2, 0.25) is 0 Å². The van der Waals surface area contributed by atoms with Crippen LogP contribution in [-0.4, -0.2) is 72.2 Å². The Morgan fingerprint density at radius 1 is 1.30 bits per heavy atom. The van der Waals surface area contributed by atoms with Gasteiger partial charge in [-0.25, -0.2) is 9.78 Å². The lowest BCUT2D eigenvalue weighted by molar-refractivity contribution is 0.0534. The number of ether oxygens (including phenoxy) is 1. The molecule has 0 unspecified atom stereocenters. The maximum absolute atomic E-state index is 13.1. The van der Waals surface area contributed by atoms with E-state index in [0.717, 1.165) is 55.5 Å². The van der Waals surface area contributed by atoms with Crippen molar-refractivity contribution < 1.29 is 19.4 Å². The lowest BCUT2D eigenvalue weighted by atomic mass is 9.67. The molecule has 1 aromatic carbocycles. The summed E-state index contributed by atoms with van der Waals surface area (Å²) in [5, 5.41) is 25.4. The predicted octanol–water partition coefficient (Wildman–Crippen LogP) is 1.74. The molecular weight excluding hydrogens is 474 g/mol. The van der Waals surface area contributed by atoms with E-state index in [-0.39, 0.29) is 24.0 Å². The van der Waals surface area contributed by atoms with E-state index in [4.69, 9.17) is 4.74 Å². The summed E-state index contributed by atoms with van der Waals surface area (Å²) < 4.78 is 6.59. The van der Waals surface area contributed by atoms with E-state index in [0.29, 0.717) is 29.4 Å². The van der Waals surface area contributed by atoms with Crippen molar-refractivity contribution in [2.24, 2.45) is 5.92 Å². The molecule has 1 saturated carbocycles. The molecule has 6 rings (SSSR count). The van der Waals surface area contributed by atoms with Gasteiger partial charge in [0.2, 0.25) is 0 Å². The number of amides is 1. The van der Waals surface area contributed by atoms with E-state index in [9.17, 15) is 14.7 Å². The lowest BCUT2D eigenvalue weighted by Crippen LogP contribution is -2.59. The number of carbonyl (C=O) groups excluding carboxylic acids is 2. The highest BCUT2D eigenvalue weighted by molar-refractivity contribution is 5.95. The average Bonchev–Trinajstić information content (AvgIpc) is 3.64. The van der Waals surface area contributed by atoms with Crippen LogP contribution in [0, 0.1) is 12.8 Å². The molecular formula is C26H29N7O4. The molecule has 2 atom stereocenters.